The molecule has 2 aromatic rings. The van der Waals surface area contributed by atoms with Gasteiger partial charge in [-0.2, -0.15) is 13.2 Å². The normalized spacial score (nSPS) is 11.0. The number of nitrogens with one attached hydrogen (secondary N) is 1. The number of aromatic nitrogens is 1. The summed E-state index contributed by atoms with van der Waals surface area (Å²) in [4.78, 5) is 15.5. The Labute approximate surface area is 123 Å². The van der Waals surface area contributed by atoms with Crippen molar-refractivity contribution in [3.63, 3.8) is 0 Å². The number of urea groups is 1. The van der Waals surface area contributed by atoms with Gasteiger partial charge in [-0.3, -0.25) is 5.32 Å². The van der Waals surface area contributed by atoms with Crippen molar-refractivity contribution in [1.29, 1.82) is 0 Å². The number of para-hydroxylation sites is 1. The van der Waals surface area contributed by atoms with E-state index in [9.17, 15) is 18.0 Å². The summed E-state index contributed by atoms with van der Waals surface area (Å²) in [6.45, 7) is 0. The number of amides is 2. The quantitative estimate of drug-likeness (QED) is 0.840. The van der Waals surface area contributed by atoms with E-state index in [1.165, 1.54) is 0 Å². The van der Waals surface area contributed by atoms with Crippen LogP contribution in [0.15, 0.2) is 48.7 Å². The smallest absolute Gasteiger partial charge is 0.291 e. The fourth-order valence-electron chi connectivity index (χ4n) is 1.51. The Bertz CT molecular complexity index is 634. The van der Waals surface area contributed by atoms with E-state index in [1.54, 1.807) is 30.3 Å². The predicted molar refractivity (Wildman–Crippen MR) is 73.0 cm³/mol. The molecule has 1 aromatic carbocycles. The maximum Gasteiger partial charge on any atom is 0.416 e. The Kier molecular flexibility index (Phi) is 4.32. The van der Waals surface area contributed by atoms with Crippen molar-refractivity contribution in [2.24, 2.45) is 0 Å². The molecular weight excluding hydrogens is 307 g/mol. The lowest BCUT2D eigenvalue weighted by Crippen LogP contribution is -2.27. The number of nitrogens with zero attached hydrogens (tertiary/aromatic N) is 2. The van der Waals surface area contributed by atoms with Crippen molar-refractivity contribution in [2.75, 3.05) is 9.74 Å². The maximum atomic E-state index is 12.6. The van der Waals surface area contributed by atoms with Gasteiger partial charge in [0.25, 0.3) is 0 Å². The van der Waals surface area contributed by atoms with E-state index in [0.717, 1.165) is 22.7 Å². The lowest BCUT2D eigenvalue weighted by Gasteiger charge is -2.15. The number of hydrogen-bond acceptors (Lipinski definition) is 2. The highest BCUT2D eigenvalue weighted by molar-refractivity contribution is 6.37. The van der Waals surface area contributed by atoms with Crippen molar-refractivity contribution in [1.82, 2.24) is 4.98 Å². The minimum absolute atomic E-state index is 0.239. The van der Waals surface area contributed by atoms with Crippen LogP contribution in [0, 0.1) is 0 Å². The van der Waals surface area contributed by atoms with E-state index in [1.807, 2.05) is 0 Å². The fourth-order valence-corrected chi connectivity index (χ4v) is 1.66. The summed E-state index contributed by atoms with van der Waals surface area (Å²) in [5.74, 6) is -0.239. The molecule has 2 amide bonds. The number of benzene rings is 1. The second-order valence-corrected chi connectivity index (χ2v) is 4.31. The van der Waals surface area contributed by atoms with Gasteiger partial charge in [0.05, 0.1) is 11.3 Å². The molecule has 0 spiro atoms. The summed E-state index contributed by atoms with van der Waals surface area (Å²) in [6, 6.07) is 8.95. The zero-order chi connectivity index (χ0) is 15.5. The Hall–Kier alpha value is -2.28. The SMILES string of the molecule is O=C(Nc1cc(C(F)(F)F)ccn1)N(Cl)c1ccccc1. The minimum Gasteiger partial charge on any atom is -0.291 e. The molecule has 0 fully saturated rings. The number of alkyl halides is 3. The Balaban J connectivity index is 2.13. The van der Waals surface area contributed by atoms with Gasteiger partial charge in [-0.1, -0.05) is 18.2 Å². The molecule has 0 aliphatic rings. The lowest BCUT2D eigenvalue weighted by atomic mass is 10.2. The molecule has 0 atom stereocenters. The zero-order valence-electron chi connectivity index (χ0n) is 10.4. The van der Waals surface area contributed by atoms with E-state index >= 15 is 0 Å². The molecule has 0 saturated heterocycles. The van der Waals surface area contributed by atoms with Crippen LogP contribution in [-0.2, 0) is 6.18 Å². The van der Waals surface area contributed by atoms with Gasteiger partial charge in [-0.05, 0) is 24.3 Å². The van der Waals surface area contributed by atoms with E-state index < -0.39 is 17.8 Å². The van der Waals surface area contributed by atoms with Crippen LogP contribution in [0.3, 0.4) is 0 Å². The van der Waals surface area contributed by atoms with E-state index in [0.29, 0.717) is 5.69 Å². The topological polar surface area (TPSA) is 45.2 Å². The van der Waals surface area contributed by atoms with Crippen molar-refractivity contribution >= 4 is 29.3 Å². The van der Waals surface area contributed by atoms with Crippen LogP contribution in [0.25, 0.3) is 0 Å². The highest BCUT2D eigenvalue weighted by Crippen LogP contribution is 2.30. The second-order valence-electron chi connectivity index (χ2n) is 3.97. The van der Waals surface area contributed by atoms with Crippen molar-refractivity contribution in [3.05, 3.63) is 54.2 Å². The molecule has 21 heavy (non-hydrogen) atoms. The van der Waals surface area contributed by atoms with Gasteiger partial charge in [0.1, 0.15) is 5.82 Å². The molecule has 0 unspecified atom stereocenters. The van der Waals surface area contributed by atoms with Crippen LogP contribution in [0.2, 0.25) is 0 Å². The van der Waals surface area contributed by atoms with Gasteiger partial charge in [0, 0.05) is 18.0 Å². The van der Waals surface area contributed by atoms with Crippen LogP contribution in [0.4, 0.5) is 29.5 Å². The monoisotopic (exact) mass is 315 g/mol. The van der Waals surface area contributed by atoms with Gasteiger partial charge in [0.15, 0.2) is 0 Å². The Morgan fingerprint density at radius 2 is 1.86 bits per heavy atom. The number of hydrogen-bond donors (Lipinski definition) is 1. The first-order valence-electron chi connectivity index (χ1n) is 5.73. The first-order chi connectivity index (χ1) is 9.88. The first kappa shape index (κ1) is 15.1. The van der Waals surface area contributed by atoms with Gasteiger partial charge in [0.2, 0.25) is 0 Å². The Morgan fingerprint density at radius 3 is 2.48 bits per heavy atom. The highest BCUT2D eigenvalue weighted by Gasteiger charge is 2.31. The van der Waals surface area contributed by atoms with E-state index in [-0.39, 0.29) is 5.82 Å². The van der Waals surface area contributed by atoms with E-state index in [4.69, 9.17) is 11.8 Å². The second kappa shape index (κ2) is 6.01. The van der Waals surface area contributed by atoms with Crippen LogP contribution in [0.5, 0.6) is 0 Å². The number of carbonyl (C=O) groups excluding carboxylic acids is 1. The number of halogens is 4. The summed E-state index contributed by atoms with van der Waals surface area (Å²) < 4.78 is 38.4. The van der Waals surface area contributed by atoms with Crippen LogP contribution in [-0.4, -0.2) is 11.0 Å². The van der Waals surface area contributed by atoms with Gasteiger partial charge in [-0.15, -0.1) is 0 Å². The van der Waals surface area contributed by atoms with Crippen LogP contribution >= 0.6 is 11.8 Å². The maximum absolute atomic E-state index is 12.6. The summed E-state index contributed by atoms with van der Waals surface area (Å²) in [6.07, 6.45) is -3.55. The molecule has 4 nitrogen and oxygen atoms in total. The van der Waals surface area contributed by atoms with Gasteiger partial charge >= 0.3 is 12.2 Å². The average molecular weight is 316 g/mol. The minimum atomic E-state index is -4.51. The predicted octanol–water partition coefficient (Wildman–Crippen LogP) is 4.29. The van der Waals surface area contributed by atoms with Crippen molar-refractivity contribution in [2.45, 2.75) is 6.18 Å². The number of anilines is 2. The third-order valence-electron chi connectivity index (χ3n) is 2.48. The molecule has 1 N–H and O–H groups in total. The van der Waals surface area contributed by atoms with Gasteiger partial charge < -0.3 is 0 Å². The summed E-state index contributed by atoms with van der Waals surface area (Å²) in [7, 11) is 0. The molecule has 2 rings (SSSR count). The Morgan fingerprint density at radius 1 is 1.19 bits per heavy atom. The molecule has 0 saturated carbocycles. The van der Waals surface area contributed by atoms with Crippen LogP contribution in [0.1, 0.15) is 5.56 Å². The molecule has 0 aliphatic heterocycles. The third-order valence-corrected chi connectivity index (χ3v) is 2.83. The lowest BCUT2D eigenvalue weighted by molar-refractivity contribution is -0.137. The number of carbonyl (C=O) groups is 1. The molecular formula is C13H9ClF3N3O. The average Bonchev–Trinajstić information content (AvgIpc) is 2.47. The molecule has 1 heterocycles. The molecule has 1 aromatic heterocycles. The molecule has 0 bridgehead atoms. The largest absolute Gasteiger partial charge is 0.416 e. The molecule has 0 aliphatic carbocycles. The molecule has 0 radical (unpaired) electrons. The summed E-state index contributed by atoms with van der Waals surface area (Å²) in [5, 5.41) is 2.20. The van der Waals surface area contributed by atoms with Crippen LogP contribution < -0.4 is 9.74 Å². The highest BCUT2D eigenvalue weighted by atomic mass is 35.5. The number of rotatable bonds is 2. The van der Waals surface area contributed by atoms with E-state index in [2.05, 4.69) is 10.3 Å². The molecule has 8 heteroatoms. The fraction of sp³-hybridized carbons (Fsp3) is 0.0769. The third kappa shape index (κ3) is 3.85. The van der Waals surface area contributed by atoms with Gasteiger partial charge in [-0.25, -0.2) is 14.2 Å². The zero-order valence-corrected chi connectivity index (χ0v) is 11.2. The number of pyridine rings is 1. The summed E-state index contributed by atoms with van der Waals surface area (Å²) in [5.41, 5.74) is -0.530. The van der Waals surface area contributed by atoms with Crippen molar-refractivity contribution < 1.29 is 18.0 Å². The molecule has 110 valence electrons. The first-order valence-corrected chi connectivity index (χ1v) is 6.07. The standard InChI is InChI=1S/C13H9ClF3N3O/c14-20(10-4-2-1-3-5-10)12(21)19-11-8-9(6-7-18-11)13(15,16)17/h1-8H,(H,18,19,21). The summed E-state index contributed by atoms with van der Waals surface area (Å²) >= 11 is 5.81. The van der Waals surface area contributed by atoms with Crippen molar-refractivity contribution in [3.8, 4) is 0 Å².